The summed E-state index contributed by atoms with van der Waals surface area (Å²) < 4.78 is 13.8. The fourth-order valence-electron chi connectivity index (χ4n) is 2.68. The lowest BCUT2D eigenvalue weighted by Crippen LogP contribution is -2.26. The molecule has 1 aliphatic heterocycles. The van der Waals surface area contributed by atoms with Gasteiger partial charge in [-0.1, -0.05) is 28.9 Å². The summed E-state index contributed by atoms with van der Waals surface area (Å²) in [6.45, 7) is 5.28. The lowest BCUT2D eigenvalue weighted by molar-refractivity contribution is -0.142. The molecule has 104 valence electrons. The predicted molar refractivity (Wildman–Crippen MR) is 74.4 cm³/mol. The van der Waals surface area contributed by atoms with Crippen molar-refractivity contribution in [2.75, 3.05) is 13.1 Å². The minimum Gasteiger partial charge on any atom is -0.481 e. The number of carbonyl (C=O) groups is 1. The van der Waals surface area contributed by atoms with Gasteiger partial charge in [0, 0.05) is 23.6 Å². The molecule has 1 aromatic carbocycles. The van der Waals surface area contributed by atoms with E-state index < -0.39 is 5.97 Å². The van der Waals surface area contributed by atoms with Crippen LogP contribution in [0.4, 0.5) is 4.39 Å². The summed E-state index contributed by atoms with van der Waals surface area (Å²) in [5, 5.41) is 9.16. The molecule has 5 heteroatoms. The number of hydrogen-bond acceptors (Lipinski definition) is 2. The number of halogens is 2. The van der Waals surface area contributed by atoms with E-state index in [4.69, 9.17) is 5.11 Å². The van der Waals surface area contributed by atoms with Gasteiger partial charge in [-0.05, 0) is 30.5 Å². The van der Waals surface area contributed by atoms with E-state index in [1.165, 1.54) is 12.1 Å². The van der Waals surface area contributed by atoms with Gasteiger partial charge in [-0.15, -0.1) is 0 Å². The van der Waals surface area contributed by atoms with Gasteiger partial charge in [0.1, 0.15) is 5.82 Å². The number of benzene rings is 1. The lowest BCUT2D eigenvalue weighted by Gasteiger charge is -2.25. The van der Waals surface area contributed by atoms with E-state index in [-0.39, 0.29) is 23.7 Å². The molecule has 0 bridgehead atoms. The highest BCUT2D eigenvalue weighted by atomic mass is 79.9. The van der Waals surface area contributed by atoms with Gasteiger partial charge in [0.2, 0.25) is 0 Å². The average Bonchev–Trinajstić information content (AvgIpc) is 2.70. The van der Waals surface area contributed by atoms with E-state index in [0.717, 1.165) is 16.6 Å². The molecule has 1 aromatic rings. The van der Waals surface area contributed by atoms with E-state index in [1.807, 2.05) is 13.8 Å². The first-order valence-corrected chi connectivity index (χ1v) is 7.11. The van der Waals surface area contributed by atoms with Crippen LogP contribution in [0.15, 0.2) is 22.7 Å². The van der Waals surface area contributed by atoms with Crippen LogP contribution in [-0.2, 0) is 4.79 Å². The Bertz CT molecular complexity index is 494. The molecule has 3 nitrogen and oxygen atoms in total. The van der Waals surface area contributed by atoms with Gasteiger partial charge >= 0.3 is 5.97 Å². The second-order valence-electron chi connectivity index (χ2n) is 5.22. The zero-order valence-electron chi connectivity index (χ0n) is 10.9. The molecule has 1 saturated heterocycles. The van der Waals surface area contributed by atoms with E-state index in [1.54, 1.807) is 6.07 Å². The van der Waals surface area contributed by atoms with Gasteiger partial charge in [0.25, 0.3) is 0 Å². The molecule has 19 heavy (non-hydrogen) atoms. The number of rotatable bonds is 3. The highest BCUT2D eigenvalue weighted by Gasteiger charge is 2.37. The van der Waals surface area contributed by atoms with Crippen LogP contribution in [0.25, 0.3) is 0 Å². The molecular formula is C14H17BrFNO2. The van der Waals surface area contributed by atoms with Gasteiger partial charge in [-0.2, -0.15) is 0 Å². The number of carboxylic acids is 1. The second-order valence-corrected chi connectivity index (χ2v) is 6.07. The van der Waals surface area contributed by atoms with Crippen LogP contribution in [-0.4, -0.2) is 29.1 Å². The average molecular weight is 330 g/mol. The van der Waals surface area contributed by atoms with E-state index in [2.05, 4.69) is 20.8 Å². The van der Waals surface area contributed by atoms with Crippen LogP contribution in [0, 0.1) is 17.7 Å². The standard InChI is InChI=1S/C14H17BrFNO2/c1-8-6-17(7-12(8)14(18)19)9(2)11-4-3-10(16)5-13(11)15/h3-5,8-9,12H,6-7H2,1-2H3,(H,18,19)/t8-,9?,12-/m1/s1. The van der Waals surface area contributed by atoms with Gasteiger partial charge in [-0.3, -0.25) is 9.69 Å². The number of likely N-dealkylation sites (tertiary alicyclic amines) is 1. The first kappa shape index (κ1) is 14.5. The summed E-state index contributed by atoms with van der Waals surface area (Å²) in [7, 11) is 0. The minimum atomic E-state index is -0.736. The summed E-state index contributed by atoms with van der Waals surface area (Å²) in [4.78, 5) is 13.3. The quantitative estimate of drug-likeness (QED) is 0.924. The number of aliphatic carboxylic acids is 1. The normalized spacial score (nSPS) is 25.5. The fraction of sp³-hybridized carbons (Fsp3) is 0.500. The molecule has 2 rings (SSSR count). The third-order valence-corrected chi connectivity index (χ3v) is 4.60. The smallest absolute Gasteiger partial charge is 0.308 e. The summed E-state index contributed by atoms with van der Waals surface area (Å²) in [5.74, 6) is -1.19. The van der Waals surface area contributed by atoms with Crippen LogP contribution in [0.5, 0.6) is 0 Å². The molecule has 1 heterocycles. The zero-order valence-corrected chi connectivity index (χ0v) is 12.5. The molecule has 1 unspecified atom stereocenters. The Morgan fingerprint density at radius 1 is 1.53 bits per heavy atom. The third kappa shape index (κ3) is 2.98. The summed E-state index contributed by atoms with van der Waals surface area (Å²) in [6.07, 6.45) is 0. The van der Waals surface area contributed by atoms with Crippen LogP contribution < -0.4 is 0 Å². The Balaban J connectivity index is 2.17. The van der Waals surface area contributed by atoms with Crippen molar-refractivity contribution in [2.24, 2.45) is 11.8 Å². The summed E-state index contributed by atoms with van der Waals surface area (Å²) in [6, 6.07) is 4.70. The highest BCUT2D eigenvalue weighted by molar-refractivity contribution is 9.10. The zero-order chi connectivity index (χ0) is 14.2. The van der Waals surface area contributed by atoms with Crippen LogP contribution in [0.1, 0.15) is 25.5 Å². The van der Waals surface area contributed by atoms with Gasteiger partial charge in [-0.25, -0.2) is 4.39 Å². The number of carboxylic acid groups (broad SMARTS) is 1. The van der Waals surface area contributed by atoms with Crippen LogP contribution >= 0.6 is 15.9 Å². The molecule has 0 radical (unpaired) electrons. The third-order valence-electron chi connectivity index (χ3n) is 3.92. The van der Waals surface area contributed by atoms with Crippen molar-refractivity contribution in [3.05, 3.63) is 34.1 Å². The van der Waals surface area contributed by atoms with E-state index >= 15 is 0 Å². The molecule has 0 aromatic heterocycles. The van der Waals surface area contributed by atoms with Crippen molar-refractivity contribution < 1.29 is 14.3 Å². The Labute approximate surface area is 120 Å². The van der Waals surface area contributed by atoms with Crippen molar-refractivity contribution in [3.63, 3.8) is 0 Å². The van der Waals surface area contributed by atoms with E-state index in [9.17, 15) is 9.18 Å². The Morgan fingerprint density at radius 3 is 2.74 bits per heavy atom. The van der Waals surface area contributed by atoms with Gasteiger partial charge in [0.15, 0.2) is 0 Å². The number of nitrogens with zero attached hydrogens (tertiary/aromatic N) is 1. The topological polar surface area (TPSA) is 40.5 Å². The summed E-state index contributed by atoms with van der Waals surface area (Å²) in [5.41, 5.74) is 0.986. The Kier molecular flexibility index (Phi) is 4.26. The molecule has 0 amide bonds. The maximum Gasteiger partial charge on any atom is 0.308 e. The molecular weight excluding hydrogens is 313 g/mol. The maximum atomic E-state index is 13.1. The Morgan fingerprint density at radius 2 is 2.21 bits per heavy atom. The molecule has 0 aliphatic carbocycles. The molecule has 0 spiro atoms. The monoisotopic (exact) mass is 329 g/mol. The first-order chi connectivity index (χ1) is 8.90. The van der Waals surface area contributed by atoms with Crippen molar-refractivity contribution in [3.8, 4) is 0 Å². The fourth-order valence-corrected chi connectivity index (χ4v) is 3.36. The lowest BCUT2D eigenvalue weighted by atomic mass is 9.99. The van der Waals surface area contributed by atoms with E-state index in [0.29, 0.717) is 6.54 Å². The maximum absolute atomic E-state index is 13.1. The largest absolute Gasteiger partial charge is 0.481 e. The molecule has 3 atom stereocenters. The highest BCUT2D eigenvalue weighted by Crippen LogP contribution is 2.34. The van der Waals surface area contributed by atoms with Crippen LogP contribution in [0.2, 0.25) is 0 Å². The molecule has 1 aliphatic rings. The van der Waals surface area contributed by atoms with Crippen molar-refractivity contribution >= 4 is 21.9 Å². The minimum absolute atomic E-state index is 0.0711. The molecule has 1 fully saturated rings. The Hall–Kier alpha value is -0.940. The van der Waals surface area contributed by atoms with Crippen molar-refractivity contribution in [2.45, 2.75) is 19.9 Å². The molecule has 0 saturated carbocycles. The van der Waals surface area contributed by atoms with Gasteiger partial charge < -0.3 is 5.11 Å². The SMILES string of the molecule is CC(c1ccc(F)cc1Br)N1C[C@@H](C)[C@H](C(=O)O)C1. The first-order valence-electron chi connectivity index (χ1n) is 6.32. The second kappa shape index (κ2) is 5.59. The number of hydrogen-bond donors (Lipinski definition) is 1. The predicted octanol–water partition coefficient (Wildman–Crippen LogP) is 3.30. The molecule has 1 N–H and O–H groups in total. The summed E-state index contributed by atoms with van der Waals surface area (Å²) >= 11 is 3.37. The van der Waals surface area contributed by atoms with Crippen molar-refractivity contribution in [1.82, 2.24) is 4.90 Å². The van der Waals surface area contributed by atoms with Gasteiger partial charge in [0.05, 0.1) is 5.92 Å². The van der Waals surface area contributed by atoms with Crippen LogP contribution in [0.3, 0.4) is 0 Å². The van der Waals surface area contributed by atoms with Crippen molar-refractivity contribution in [1.29, 1.82) is 0 Å².